The van der Waals surface area contributed by atoms with Crippen LogP contribution in [0.2, 0.25) is 0 Å². The number of carbonyl (C=O) groups is 1. The highest BCUT2D eigenvalue weighted by atomic mass is 16.3. The van der Waals surface area contributed by atoms with Crippen molar-refractivity contribution in [3.8, 4) is 11.4 Å². The van der Waals surface area contributed by atoms with E-state index in [1.54, 1.807) is 6.20 Å². The van der Waals surface area contributed by atoms with Gasteiger partial charge in [-0.25, -0.2) is 4.98 Å². The number of nitrogens with zero attached hydrogens (tertiary/aromatic N) is 2. The number of aromatic nitrogens is 2. The van der Waals surface area contributed by atoms with Crippen molar-refractivity contribution in [1.82, 2.24) is 14.9 Å². The molecule has 22 heavy (non-hydrogen) atoms. The van der Waals surface area contributed by atoms with Gasteiger partial charge in [0.1, 0.15) is 5.82 Å². The number of aliphatic hydroxyl groups is 1. The molecule has 1 aliphatic carbocycles. The zero-order valence-electron chi connectivity index (χ0n) is 12.7. The number of nitrogens with one attached hydrogen (secondary N) is 1. The zero-order valence-corrected chi connectivity index (χ0v) is 12.7. The third kappa shape index (κ3) is 3.20. The first-order valence-corrected chi connectivity index (χ1v) is 7.70. The van der Waals surface area contributed by atoms with E-state index < -0.39 is 0 Å². The largest absolute Gasteiger partial charge is 0.393 e. The van der Waals surface area contributed by atoms with Gasteiger partial charge in [-0.15, -0.1) is 0 Å². The predicted octanol–water partition coefficient (Wildman–Crippen LogP) is 2.12. The van der Waals surface area contributed by atoms with Crippen molar-refractivity contribution < 1.29 is 9.90 Å². The quantitative estimate of drug-likeness (QED) is 0.912. The van der Waals surface area contributed by atoms with Crippen molar-refractivity contribution in [3.05, 3.63) is 42.2 Å². The molecule has 0 aliphatic heterocycles. The van der Waals surface area contributed by atoms with Gasteiger partial charge in [0.05, 0.1) is 6.10 Å². The molecule has 1 saturated carbocycles. The van der Waals surface area contributed by atoms with Gasteiger partial charge in [-0.1, -0.05) is 12.1 Å². The molecule has 1 fully saturated rings. The highest BCUT2D eigenvalue weighted by molar-refractivity contribution is 5.95. The smallest absolute Gasteiger partial charge is 0.251 e. The van der Waals surface area contributed by atoms with Gasteiger partial charge >= 0.3 is 0 Å². The van der Waals surface area contributed by atoms with Gasteiger partial charge in [0.2, 0.25) is 0 Å². The molecule has 1 aliphatic rings. The molecule has 1 aromatic heterocycles. The SMILES string of the molecule is Cn1ccnc1-c1cccc(C(=O)NC2CCC(O)CC2)c1. The maximum absolute atomic E-state index is 12.4. The summed E-state index contributed by atoms with van der Waals surface area (Å²) >= 11 is 0. The molecule has 5 heteroatoms. The molecule has 2 aromatic rings. The molecule has 0 bridgehead atoms. The van der Waals surface area contributed by atoms with Gasteiger partial charge in [0.15, 0.2) is 0 Å². The summed E-state index contributed by atoms with van der Waals surface area (Å²) in [5, 5.41) is 12.6. The lowest BCUT2D eigenvalue weighted by molar-refractivity contribution is 0.0867. The van der Waals surface area contributed by atoms with E-state index in [1.807, 2.05) is 42.1 Å². The third-order valence-corrected chi connectivity index (χ3v) is 4.24. The molecule has 116 valence electrons. The minimum Gasteiger partial charge on any atom is -0.393 e. The van der Waals surface area contributed by atoms with Crippen molar-refractivity contribution in [3.63, 3.8) is 0 Å². The van der Waals surface area contributed by atoms with Crippen LogP contribution in [0, 0.1) is 0 Å². The van der Waals surface area contributed by atoms with Gasteiger partial charge in [0.25, 0.3) is 5.91 Å². The van der Waals surface area contributed by atoms with E-state index in [0.29, 0.717) is 5.56 Å². The van der Waals surface area contributed by atoms with Gasteiger partial charge in [-0.05, 0) is 37.8 Å². The van der Waals surface area contributed by atoms with Crippen LogP contribution in [0.25, 0.3) is 11.4 Å². The van der Waals surface area contributed by atoms with E-state index in [1.165, 1.54) is 0 Å². The molecule has 0 saturated heterocycles. The van der Waals surface area contributed by atoms with Crippen molar-refractivity contribution >= 4 is 5.91 Å². The predicted molar refractivity (Wildman–Crippen MR) is 84.4 cm³/mol. The van der Waals surface area contributed by atoms with Crippen LogP contribution < -0.4 is 5.32 Å². The van der Waals surface area contributed by atoms with Crippen LogP contribution in [-0.2, 0) is 7.05 Å². The average Bonchev–Trinajstić information content (AvgIpc) is 2.96. The molecule has 1 heterocycles. The summed E-state index contributed by atoms with van der Waals surface area (Å²) < 4.78 is 1.93. The van der Waals surface area contributed by atoms with Crippen LogP contribution in [-0.4, -0.2) is 32.7 Å². The van der Waals surface area contributed by atoms with E-state index in [2.05, 4.69) is 10.3 Å². The Morgan fingerprint density at radius 3 is 2.77 bits per heavy atom. The molecule has 0 atom stereocenters. The molecule has 0 unspecified atom stereocenters. The first-order valence-electron chi connectivity index (χ1n) is 7.70. The Balaban J connectivity index is 1.72. The first kappa shape index (κ1) is 14.8. The Labute approximate surface area is 130 Å². The summed E-state index contributed by atoms with van der Waals surface area (Å²) in [5.41, 5.74) is 1.57. The molecule has 1 aromatic carbocycles. The summed E-state index contributed by atoms with van der Waals surface area (Å²) in [6, 6.07) is 7.68. The Kier molecular flexibility index (Phi) is 4.24. The minimum absolute atomic E-state index is 0.0579. The molecular formula is C17H21N3O2. The number of benzene rings is 1. The molecule has 2 N–H and O–H groups in total. The van der Waals surface area contributed by atoms with E-state index >= 15 is 0 Å². The lowest BCUT2D eigenvalue weighted by Crippen LogP contribution is -2.38. The van der Waals surface area contributed by atoms with E-state index in [-0.39, 0.29) is 18.1 Å². The van der Waals surface area contributed by atoms with E-state index in [9.17, 15) is 9.90 Å². The number of aryl methyl sites for hydroxylation is 1. The zero-order chi connectivity index (χ0) is 15.5. The average molecular weight is 299 g/mol. The monoisotopic (exact) mass is 299 g/mol. The molecule has 0 spiro atoms. The third-order valence-electron chi connectivity index (χ3n) is 4.24. The summed E-state index contributed by atoms with van der Waals surface area (Å²) in [4.78, 5) is 16.7. The summed E-state index contributed by atoms with van der Waals surface area (Å²) in [6.07, 6.45) is 6.62. The van der Waals surface area contributed by atoms with Crippen LogP contribution in [0.1, 0.15) is 36.0 Å². The van der Waals surface area contributed by atoms with Crippen molar-refractivity contribution in [2.75, 3.05) is 0 Å². The highest BCUT2D eigenvalue weighted by Crippen LogP contribution is 2.20. The molecule has 5 nitrogen and oxygen atoms in total. The lowest BCUT2D eigenvalue weighted by atomic mass is 9.93. The first-order chi connectivity index (χ1) is 10.6. The molecule has 1 amide bonds. The lowest BCUT2D eigenvalue weighted by Gasteiger charge is -2.26. The van der Waals surface area contributed by atoms with Gasteiger partial charge in [-0.3, -0.25) is 4.79 Å². The Bertz CT molecular complexity index is 657. The van der Waals surface area contributed by atoms with Gasteiger partial charge in [0, 0.05) is 36.6 Å². The Hall–Kier alpha value is -2.14. The number of aliphatic hydroxyl groups excluding tert-OH is 1. The molecule has 3 rings (SSSR count). The second-order valence-corrected chi connectivity index (χ2v) is 5.92. The number of amides is 1. The summed E-state index contributed by atoms with van der Waals surface area (Å²) in [6.45, 7) is 0. The topological polar surface area (TPSA) is 67.2 Å². The van der Waals surface area contributed by atoms with Crippen molar-refractivity contribution in [2.45, 2.75) is 37.8 Å². The van der Waals surface area contributed by atoms with Crippen molar-refractivity contribution in [1.29, 1.82) is 0 Å². The Morgan fingerprint density at radius 2 is 2.09 bits per heavy atom. The van der Waals surface area contributed by atoms with Crippen LogP contribution in [0.4, 0.5) is 0 Å². The molecule has 0 radical (unpaired) electrons. The van der Waals surface area contributed by atoms with E-state index in [0.717, 1.165) is 37.1 Å². The van der Waals surface area contributed by atoms with E-state index in [4.69, 9.17) is 0 Å². The second-order valence-electron chi connectivity index (χ2n) is 5.92. The van der Waals surface area contributed by atoms with Crippen LogP contribution in [0.3, 0.4) is 0 Å². The maximum atomic E-state index is 12.4. The summed E-state index contributed by atoms with van der Waals surface area (Å²) in [7, 11) is 1.93. The maximum Gasteiger partial charge on any atom is 0.251 e. The number of carbonyl (C=O) groups excluding carboxylic acids is 1. The fourth-order valence-corrected chi connectivity index (χ4v) is 2.93. The number of hydrogen-bond acceptors (Lipinski definition) is 3. The minimum atomic E-state index is -0.208. The van der Waals surface area contributed by atoms with Crippen LogP contribution >= 0.6 is 0 Å². The standard InChI is InChI=1S/C17H21N3O2/c1-20-10-9-18-16(20)12-3-2-4-13(11-12)17(22)19-14-5-7-15(21)8-6-14/h2-4,9-11,14-15,21H,5-8H2,1H3,(H,19,22). The highest BCUT2D eigenvalue weighted by Gasteiger charge is 2.21. The normalized spacial score (nSPS) is 21.5. The fraction of sp³-hybridized carbons (Fsp3) is 0.412. The second kappa shape index (κ2) is 6.32. The fourth-order valence-electron chi connectivity index (χ4n) is 2.93. The molecular weight excluding hydrogens is 278 g/mol. The number of imidazole rings is 1. The number of rotatable bonds is 3. The Morgan fingerprint density at radius 1 is 1.32 bits per heavy atom. The van der Waals surface area contributed by atoms with Gasteiger partial charge in [-0.2, -0.15) is 0 Å². The van der Waals surface area contributed by atoms with Gasteiger partial charge < -0.3 is 15.0 Å². The van der Waals surface area contributed by atoms with Crippen LogP contribution in [0.15, 0.2) is 36.7 Å². The summed E-state index contributed by atoms with van der Waals surface area (Å²) in [5.74, 6) is 0.785. The van der Waals surface area contributed by atoms with Crippen molar-refractivity contribution in [2.24, 2.45) is 7.05 Å². The number of hydrogen-bond donors (Lipinski definition) is 2. The van der Waals surface area contributed by atoms with Crippen LogP contribution in [0.5, 0.6) is 0 Å².